The third kappa shape index (κ3) is 3.87. The Morgan fingerprint density at radius 3 is 2.69 bits per heavy atom. The summed E-state index contributed by atoms with van der Waals surface area (Å²) >= 11 is 1.58. The highest BCUT2D eigenvalue weighted by Gasteiger charge is 2.31. The third-order valence-electron chi connectivity index (χ3n) is 5.84. The number of likely N-dealkylation sites (tertiary alicyclic amines) is 1. The van der Waals surface area contributed by atoms with Crippen LogP contribution in [-0.2, 0) is 9.53 Å². The van der Waals surface area contributed by atoms with Crippen LogP contribution in [0.3, 0.4) is 0 Å². The molecule has 0 spiro atoms. The summed E-state index contributed by atoms with van der Waals surface area (Å²) in [6.45, 7) is 3.26. The number of thiophene rings is 1. The minimum Gasteiger partial charge on any atom is -0.508 e. The van der Waals surface area contributed by atoms with Crippen molar-refractivity contribution in [2.45, 2.75) is 6.42 Å². The Kier molecular flexibility index (Phi) is 5.40. The fourth-order valence-corrected chi connectivity index (χ4v) is 5.01. The first-order valence-corrected chi connectivity index (χ1v) is 11.3. The summed E-state index contributed by atoms with van der Waals surface area (Å²) in [5.74, 6) is -0.589. The lowest BCUT2D eigenvalue weighted by molar-refractivity contribution is -0.141. The van der Waals surface area contributed by atoms with Crippen molar-refractivity contribution < 1.29 is 24.5 Å². The lowest BCUT2D eigenvalue weighted by Crippen LogP contribution is -2.36. The molecule has 5 rings (SSSR count). The highest BCUT2D eigenvalue weighted by Crippen LogP contribution is 2.33. The Balaban J connectivity index is 1.51. The molecule has 1 aromatic carbocycles. The minimum atomic E-state index is -0.898. The monoisotopic (exact) mass is 454 g/mol. The van der Waals surface area contributed by atoms with Gasteiger partial charge in [-0.2, -0.15) is 0 Å². The number of carboxylic acid groups (broad SMARTS) is 1. The predicted molar refractivity (Wildman–Crippen MR) is 119 cm³/mol. The van der Waals surface area contributed by atoms with Crippen LogP contribution in [0.1, 0.15) is 16.8 Å². The highest BCUT2D eigenvalue weighted by molar-refractivity contribution is 7.17. The number of carbonyl (C=O) groups excluding carboxylic acids is 1. The van der Waals surface area contributed by atoms with Gasteiger partial charge in [0.05, 0.1) is 29.3 Å². The van der Waals surface area contributed by atoms with Crippen LogP contribution < -0.4 is 4.90 Å². The molecule has 1 atom stereocenters. The van der Waals surface area contributed by atoms with E-state index in [0.29, 0.717) is 37.6 Å². The van der Waals surface area contributed by atoms with Crippen molar-refractivity contribution in [3.8, 4) is 17.1 Å². The maximum absolute atomic E-state index is 13.0. The van der Waals surface area contributed by atoms with Gasteiger partial charge in [-0.05, 0) is 36.1 Å². The van der Waals surface area contributed by atoms with E-state index in [-0.39, 0.29) is 23.8 Å². The number of carbonyl (C=O) groups is 2. The van der Waals surface area contributed by atoms with E-state index in [1.54, 1.807) is 17.4 Å². The summed E-state index contributed by atoms with van der Waals surface area (Å²) in [4.78, 5) is 37.4. The van der Waals surface area contributed by atoms with Crippen LogP contribution in [0.2, 0.25) is 0 Å². The van der Waals surface area contributed by atoms with Gasteiger partial charge in [0.1, 0.15) is 5.75 Å². The molecule has 1 amide bonds. The van der Waals surface area contributed by atoms with Gasteiger partial charge in [0.15, 0.2) is 11.6 Å². The molecule has 10 heteroatoms. The summed E-state index contributed by atoms with van der Waals surface area (Å²) in [6, 6.07) is 6.52. The SMILES string of the molecule is O=C(O)C1CCN(C(=O)c2cc(O)cc(-c3nc(N4CCOCC4)c4sccc4n3)c2)C1. The van der Waals surface area contributed by atoms with E-state index in [4.69, 9.17) is 9.72 Å². The number of hydrogen-bond donors (Lipinski definition) is 2. The van der Waals surface area contributed by atoms with Crippen molar-refractivity contribution in [2.24, 2.45) is 5.92 Å². The number of aromatic hydroxyl groups is 1. The molecule has 9 nitrogen and oxygen atoms in total. The lowest BCUT2D eigenvalue weighted by atomic mass is 10.1. The largest absolute Gasteiger partial charge is 0.508 e. The Bertz CT molecular complexity index is 1190. The Morgan fingerprint density at radius 2 is 1.94 bits per heavy atom. The quantitative estimate of drug-likeness (QED) is 0.618. The smallest absolute Gasteiger partial charge is 0.308 e. The van der Waals surface area contributed by atoms with E-state index in [1.807, 2.05) is 11.4 Å². The van der Waals surface area contributed by atoms with Gasteiger partial charge in [0.25, 0.3) is 5.91 Å². The predicted octanol–water partition coefficient (Wildman–Crippen LogP) is 2.45. The number of nitrogens with zero attached hydrogens (tertiary/aromatic N) is 4. The van der Waals surface area contributed by atoms with Gasteiger partial charge in [0.2, 0.25) is 0 Å². The number of aromatic nitrogens is 2. The number of phenols is 1. The second kappa shape index (κ2) is 8.36. The molecule has 2 aliphatic heterocycles. The average Bonchev–Trinajstić information content (AvgIpc) is 3.48. The van der Waals surface area contributed by atoms with Crippen molar-refractivity contribution in [3.63, 3.8) is 0 Å². The lowest BCUT2D eigenvalue weighted by Gasteiger charge is -2.28. The summed E-state index contributed by atoms with van der Waals surface area (Å²) in [5, 5.41) is 21.5. The number of morpholine rings is 1. The normalized spacial score (nSPS) is 18.9. The third-order valence-corrected chi connectivity index (χ3v) is 6.74. The van der Waals surface area contributed by atoms with Gasteiger partial charge in [-0.1, -0.05) is 0 Å². The number of aliphatic carboxylic acids is 1. The molecule has 0 aliphatic carbocycles. The molecule has 2 aromatic heterocycles. The van der Waals surface area contributed by atoms with E-state index < -0.39 is 11.9 Å². The van der Waals surface area contributed by atoms with Crippen LogP contribution in [0.15, 0.2) is 29.6 Å². The number of anilines is 1. The fraction of sp³-hybridized carbons (Fsp3) is 0.364. The van der Waals surface area contributed by atoms with Gasteiger partial charge in [-0.3, -0.25) is 9.59 Å². The molecular weight excluding hydrogens is 432 g/mol. The van der Waals surface area contributed by atoms with Crippen LogP contribution in [0, 0.1) is 5.92 Å². The number of ether oxygens (including phenoxy) is 1. The first-order valence-electron chi connectivity index (χ1n) is 10.4. The average molecular weight is 455 g/mol. The van der Waals surface area contributed by atoms with Crippen LogP contribution in [-0.4, -0.2) is 76.4 Å². The number of carboxylic acids is 1. The van der Waals surface area contributed by atoms with Crippen LogP contribution in [0.5, 0.6) is 5.75 Å². The van der Waals surface area contributed by atoms with Crippen molar-refractivity contribution >= 4 is 39.2 Å². The first-order chi connectivity index (χ1) is 15.5. The van der Waals surface area contributed by atoms with E-state index in [0.717, 1.165) is 29.1 Å². The zero-order chi connectivity index (χ0) is 22.2. The van der Waals surface area contributed by atoms with Gasteiger partial charge in [-0.15, -0.1) is 11.3 Å². The van der Waals surface area contributed by atoms with Gasteiger partial charge in [-0.25, -0.2) is 9.97 Å². The molecular formula is C22H22N4O5S. The maximum atomic E-state index is 13.0. The molecule has 0 radical (unpaired) electrons. The Hall–Kier alpha value is -3.24. The van der Waals surface area contributed by atoms with Crippen molar-refractivity contribution in [1.82, 2.24) is 14.9 Å². The molecule has 2 N–H and O–H groups in total. The van der Waals surface area contributed by atoms with Gasteiger partial charge >= 0.3 is 5.97 Å². The summed E-state index contributed by atoms with van der Waals surface area (Å²) in [7, 11) is 0. The Morgan fingerprint density at radius 1 is 1.12 bits per heavy atom. The minimum absolute atomic E-state index is 0.0678. The van der Waals surface area contributed by atoms with E-state index in [1.165, 1.54) is 17.0 Å². The molecule has 166 valence electrons. The van der Waals surface area contributed by atoms with Gasteiger partial charge < -0.3 is 24.7 Å². The molecule has 3 aromatic rings. The molecule has 32 heavy (non-hydrogen) atoms. The summed E-state index contributed by atoms with van der Waals surface area (Å²) in [6.07, 6.45) is 0.424. The number of fused-ring (bicyclic) bond motifs is 1. The van der Waals surface area contributed by atoms with Crippen LogP contribution in [0.25, 0.3) is 21.6 Å². The zero-order valence-electron chi connectivity index (χ0n) is 17.2. The molecule has 2 saturated heterocycles. The molecule has 4 heterocycles. The number of hydrogen-bond acceptors (Lipinski definition) is 8. The fourth-order valence-electron chi connectivity index (χ4n) is 4.16. The van der Waals surface area contributed by atoms with E-state index >= 15 is 0 Å². The van der Waals surface area contributed by atoms with Crippen molar-refractivity contribution in [1.29, 1.82) is 0 Å². The van der Waals surface area contributed by atoms with E-state index in [2.05, 4.69) is 9.88 Å². The van der Waals surface area contributed by atoms with Gasteiger partial charge in [0, 0.05) is 37.3 Å². The van der Waals surface area contributed by atoms with Crippen molar-refractivity contribution in [3.05, 3.63) is 35.2 Å². The second-order valence-corrected chi connectivity index (χ2v) is 8.86. The zero-order valence-corrected chi connectivity index (χ0v) is 18.0. The number of amides is 1. The van der Waals surface area contributed by atoms with Crippen LogP contribution in [0.4, 0.5) is 5.82 Å². The maximum Gasteiger partial charge on any atom is 0.308 e. The van der Waals surface area contributed by atoms with Crippen LogP contribution >= 0.6 is 11.3 Å². The summed E-state index contributed by atoms with van der Waals surface area (Å²) in [5.41, 5.74) is 1.62. The molecule has 2 fully saturated rings. The number of benzene rings is 1. The standard InChI is InChI=1S/C22H22N4O5S/c27-16-10-14(9-15(11-16)21(28)26-3-1-13(12-26)22(29)30)19-23-17-2-8-32-18(17)20(24-19)25-4-6-31-7-5-25/h2,8-11,13,27H,1,3-7,12H2,(H,29,30). The number of rotatable bonds is 4. The molecule has 0 bridgehead atoms. The second-order valence-electron chi connectivity index (χ2n) is 7.95. The Labute approximate surface area is 187 Å². The molecule has 2 aliphatic rings. The van der Waals surface area contributed by atoms with Crippen molar-refractivity contribution in [2.75, 3.05) is 44.3 Å². The number of phenolic OH excluding ortho intramolecular Hbond substituents is 1. The highest BCUT2D eigenvalue weighted by atomic mass is 32.1. The topological polar surface area (TPSA) is 116 Å². The van der Waals surface area contributed by atoms with E-state index in [9.17, 15) is 19.8 Å². The molecule has 0 saturated carbocycles. The molecule has 1 unspecified atom stereocenters. The first kappa shape index (κ1) is 20.7. The summed E-state index contributed by atoms with van der Waals surface area (Å²) < 4.78 is 6.45.